The molecule has 2 unspecified atom stereocenters. The Bertz CT molecular complexity index is 718. The maximum atomic E-state index is 12.6. The molecule has 32 heavy (non-hydrogen) atoms. The Balaban J connectivity index is 2.49. The highest BCUT2D eigenvalue weighted by Crippen LogP contribution is 2.50. The molecule has 2 atom stereocenters. The zero-order chi connectivity index (χ0) is 24.0. The van der Waals surface area contributed by atoms with Gasteiger partial charge in [-0.3, -0.25) is 18.6 Å². The molecular formula is C20H30ClN2O7PS. The molecule has 0 saturated carbocycles. The van der Waals surface area contributed by atoms with E-state index in [1.807, 2.05) is 20.1 Å². The van der Waals surface area contributed by atoms with Crippen molar-refractivity contribution in [3.8, 4) is 0 Å². The van der Waals surface area contributed by atoms with Crippen LogP contribution in [0.2, 0.25) is 0 Å². The lowest BCUT2D eigenvalue weighted by atomic mass is 9.87. The number of amides is 2. The van der Waals surface area contributed by atoms with Crippen molar-refractivity contribution in [3.05, 3.63) is 35.9 Å². The minimum atomic E-state index is -1.90. The first-order chi connectivity index (χ1) is 15.2. The molecule has 1 saturated heterocycles. The van der Waals surface area contributed by atoms with E-state index in [1.54, 1.807) is 11.8 Å². The summed E-state index contributed by atoms with van der Waals surface area (Å²) in [5, 5.41) is 5.49. The van der Waals surface area contributed by atoms with Crippen LogP contribution in [0.5, 0.6) is 0 Å². The highest BCUT2D eigenvalue weighted by Gasteiger charge is 2.44. The van der Waals surface area contributed by atoms with Crippen LogP contribution in [0.4, 0.5) is 0 Å². The first kappa shape index (κ1) is 28.6. The number of esters is 1. The zero-order valence-electron chi connectivity index (χ0n) is 18.4. The van der Waals surface area contributed by atoms with Crippen LogP contribution in [0, 0.1) is 5.41 Å². The number of thioether (sulfide) groups is 1. The van der Waals surface area contributed by atoms with Crippen molar-refractivity contribution in [2.24, 2.45) is 5.41 Å². The topological polar surface area (TPSA) is 112 Å². The van der Waals surface area contributed by atoms with Gasteiger partial charge in [0.05, 0.1) is 12.2 Å². The number of allylic oxidation sites excluding steroid dienone is 2. The first-order valence-corrected chi connectivity index (χ1v) is 12.7. The molecule has 0 radical (unpaired) electrons. The number of halogens is 1. The van der Waals surface area contributed by atoms with Crippen molar-refractivity contribution in [1.82, 2.24) is 10.6 Å². The third-order valence-electron chi connectivity index (χ3n) is 4.11. The van der Waals surface area contributed by atoms with Gasteiger partial charge in [-0.05, 0) is 12.3 Å². The van der Waals surface area contributed by atoms with Gasteiger partial charge in [0.15, 0.2) is 6.10 Å². The summed E-state index contributed by atoms with van der Waals surface area (Å²) in [7, 11) is -1.90. The summed E-state index contributed by atoms with van der Waals surface area (Å²) >= 11 is 7.07. The van der Waals surface area contributed by atoms with E-state index in [4.69, 9.17) is 29.9 Å². The van der Waals surface area contributed by atoms with Gasteiger partial charge in [-0.15, -0.1) is 0 Å². The lowest BCUT2D eigenvalue weighted by molar-refractivity contribution is -0.149. The van der Waals surface area contributed by atoms with Crippen molar-refractivity contribution in [1.29, 1.82) is 0 Å². The number of carbonyl (C=O) groups is 3. The van der Waals surface area contributed by atoms with Crippen LogP contribution >= 0.6 is 32.0 Å². The molecule has 12 heteroatoms. The molecule has 180 valence electrons. The Morgan fingerprint density at radius 1 is 1.31 bits per heavy atom. The van der Waals surface area contributed by atoms with Crippen molar-refractivity contribution in [2.45, 2.75) is 26.4 Å². The summed E-state index contributed by atoms with van der Waals surface area (Å²) in [6, 6.07) is 0. The Kier molecular flexibility index (Phi) is 13.8. The van der Waals surface area contributed by atoms with Gasteiger partial charge in [0, 0.05) is 36.2 Å². The molecule has 0 bridgehead atoms. The van der Waals surface area contributed by atoms with Crippen molar-refractivity contribution >= 4 is 49.7 Å². The average molecular weight is 509 g/mol. The van der Waals surface area contributed by atoms with Gasteiger partial charge in [-0.25, -0.2) is 4.79 Å². The number of hydrogen-bond donors (Lipinski definition) is 2. The van der Waals surface area contributed by atoms with Gasteiger partial charge in [0.1, 0.15) is 0 Å². The molecular weight excluding hydrogens is 479 g/mol. The third kappa shape index (κ3) is 10.5. The Hall–Kier alpha value is -1.42. The van der Waals surface area contributed by atoms with Crippen molar-refractivity contribution in [3.63, 3.8) is 0 Å². The molecule has 2 amide bonds. The second kappa shape index (κ2) is 15.4. The Morgan fingerprint density at radius 2 is 2.06 bits per heavy atom. The lowest BCUT2D eigenvalue weighted by Crippen LogP contribution is -2.49. The molecule has 1 aliphatic heterocycles. The molecule has 1 rings (SSSR count). The summed E-state index contributed by atoms with van der Waals surface area (Å²) in [5.74, 6) is -0.329. The summed E-state index contributed by atoms with van der Waals surface area (Å²) in [6.45, 7) is 7.73. The Labute approximate surface area is 199 Å². The van der Waals surface area contributed by atoms with E-state index in [9.17, 15) is 14.4 Å². The predicted octanol–water partition coefficient (Wildman–Crippen LogP) is 3.02. The molecule has 0 aliphatic carbocycles. The summed E-state index contributed by atoms with van der Waals surface area (Å²) in [4.78, 5) is 36.3. The standard InChI is InChI=1S/C20H30ClN2O7PS/c1-5-15(7-6-9-21)19(26)27-14-29-31-28-13-20(2,3)17(30-31)18(25)23-10-8-16(24)22-11-12-32-4/h5-7,9,17H,1,8,10-14H2,2-4H3,(H,22,24)(H,23,25)/b9-6+,15-7+. The van der Waals surface area contributed by atoms with E-state index in [0.29, 0.717) is 6.54 Å². The van der Waals surface area contributed by atoms with Gasteiger partial charge in [-0.2, -0.15) is 11.8 Å². The van der Waals surface area contributed by atoms with E-state index in [-0.39, 0.29) is 37.0 Å². The number of hydrogen-bond acceptors (Lipinski definition) is 8. The van der Waals surface area contributed by atoms with E-state index < -0.39 is 32.9 Å². The quantitative estimate of drug-likeness (QED) is 0.0975. The fourth-order valence-corrected chi connectivity index (χ4v) is 4.07. The summed E-state index contributed by atoms with van der Waals surface area (Å²) in [5.41, 5.74) is 0.820. The lowest BCUT2D eigenvalue weighted by Gasteiger charge is -2.39. The van der Waals surface area contributed by atoms with Crippen LogP contribution in [-0.4, -0.2) is 62.4 Å². The highest BCUT2D eigenvalue weighted by atomic mass is 35.5. The SMILES string of the molecule is C=C/C(=C\C=C\Cl)C(=O)OCOP1OCC(C)(C)C(C(=O)NCCC(=O)NCCSC)O1. The van der Waals surface area contributed by atoms with Crippen LogP contribution in [0.25, 0.3) is 0 Å². The first-order valence-electron chi connectivity index (χ1n) is 9.77. The normalized spacial score (nSPS) is 20.6. The monoisotopic (exact) mass is 508 g/mol. The largest absolute Gasteiger partial charge is 0.434 e. The van der Waals surface area contributed by atoms with Gasteiger partial charge in [-0.1, -0.05) is 44.2 Å². The third-order valence-corrected chi connectivity index (χ3v) is 5.91. The van der Waals surface area contributed by atoms with E-state index in [2.05, 4.69) is 17.2 Å². The maximum Gasteiger partial charge on any atom is 0.340 e. The summed E-state index contributed by atoms with van der Waals surface area (Å²) < 4.78 is 21.6. The van der Waals surface area contributed by atoms with Crippen LogP contribution in [-0.2, 0) is 32.7 Å². The molecule has 1 aliphatic rings. The van der Waals surface area contributed by atoms with Crippen LogP contribution in [0.15, 0.2) is 35.9 Å². The highest BCUT2D eigenvalue weighted by molar-refractivity contribution is 7.98. The van der Waals surface area contributed by atoms with Crippen molar-refractivity contribution in [2.75, 3.05) is 38.5 Å². The number of ether oxygens (including phenoxy) is 1. The number of rotatable bonds is 13. The van der Waals surface area contributed by atoms with Gasteiger partial charge < -0.3 is 19.9 Å². The second-order valence-corrected chi connectivity index (χ2v) is 9.59. The molecule has 0 aromatic rings. The molecule has 2 N–H and O–H groups in total. The minimum Gasteiger partial charge on any atom is -0.434 e. The average Bonchev–Trinajstić information content (AvgIpc) is 2.75. The Morgan fingerprint density at radius 3 is 2.72 bits per heavy atom. The van der Waals surface area contributed by atoms with Gasteiger partial charge >= 0.3 is 14.6 Å². The molecule has 0 aromatic heterocycles. The smallest absolute Gasteiger partial charge is 0.340 e. The van der Waals surface area contributed by atoms with Crippen LogP contribution < -0.4 is 10.6 Å². The maximum absolute atomic E-state index is 12.6. The minimum absolute atomic E-state index is 0.131. The molecule has 1 fully saturated rings. The van der Waals surface area contributed by atoms with Crippen LogP contribution in [0.1, 0.15) is 20.3 Å². The van der Waals surface area contributed by atoms with E-state index in [0.717, 1.165) is 5.75 Å². The second-order valence-electron chi connectivity index (χ2n) is 7.18. The van der Waals surface area contributed by atoms with E-state index in [1.165, 1.54) is 23.8 Å². The molecule has 1 heterocycles. The van der Waals surface area contributed by atoms with Gasteiger partial charge in [0.25, 0.3) is 0 Å². The number of carbonyl (C=O) groups excluding carboxylic acids is 3. The zero-order valence-corrected chi connectivity index (χ0v) is 20.9. The fraction of sp³-hybridized carbons (Fsp3) is 0.550. The van der Waals surface area contributed by atoms with Crippen molar-refractivity contribution < 1.29 is 32.7 Å². The summed E-state index contributed by atoms with van der Waals surface area (Å²) in [6.07, 6.45) is 5.49. The molecule has 9 nitrogen and oxygen atoms in total. The predicted molar refractivity (Wildman–Crippen MR) is 126 cm³/mol. The van der Waals surface area contributed by atoms with Gasteiger partial charge in [0.2, 0.25) is 18.6 Å². The number of nitrogens with one attached hydrogen (secondary N) is 2. The van der Waals surface area contributed by atoms with Crippen LogP contribution in [0.3, 0.4) is 0 Å². The molecule has 0 spiro atoms. The fourth-order valence-electron chi connectivity index (χ4n) is 2.36. The van der Waals surface area contributed by atoms with E-state index >= 15 is 0 Å². The molecule has 0 aromatic carbocycles.